The Bertz CT molecular complexity index is 1340. The van der Waals surface area contributed by atoms with Crippen LogP contribution in [0.3, 0.4) is 0 Å². The minimum Gasteiger partial charge on any atom is -0.454 e. The number of aliphatic hydroxyl groups excluding tert-OH is 3. The summed E-state index contributed by atoms with van der Waals surface area (Å²) in [5, 5.41) is 40.8. The van der Waals surface area contributed by atoms with E-state index in [1.165, 1.54) is 11.3 Å². The zero-order valence-corrected chi connectivity index (χ0v) is 20.5. The molecule has 0 amide bonds. The number of aryl methyl sites for hydroxylation is 3. The number of thiazole rings is 1. The van der Waals surface area contributed by atoms with E-state index in [4.69, 9.17) is 9.40 Å². The summed E-state index contributed by atoms with van der Waals surface area (Å²) in [6.45, 7) is 5.98. The predicted octanol–water partition coefficient (Wildman–Crippen LogP) is 2.79. The summed E-state index contributed by atoms with van der Waals surface area (Å²) < 4.78 is 6.21. The number of hydrogen-bond acceptors (Lipinski definition) is 11. The number of nitrogens with one attached hydrogen (secondary N) is 2. The Morgan fingerprint density at radius 3 is 2.63 bits per heavy atom. The molecule has 4 aromatic rings. The lowest BCUT2D eigenvalue weighted by Crippen LogP contribution is -2.35. The molecule has 1 aliphatic rings. The maximum atomic E-state index is 10.6. The lowest BCUT2D eigenvalue weighted by atomic mass is 10.1. The summed E-state index contributed by atoms with van der Waals surface area (Å²) >= 11 is 1.53. The molecule has 0 saturated heterocycles. The van der Waals surface area contributed by atoms with Crippen molar-refractivity contribution in [3.8, 4) is 11.3 Å². The normalized spacial score (nSPS) is 22.1. The summed E-state index contributed by atoms with van der Waals surface area (Å²) in [7, 11) is 0. The first-order valence-corrected chi connectivity index (χ1v) is 12.3. The van der Waals surface area contributed by atoms with E-state index in [1.54, 1.807) is 6.20 Å². The quantitative estimate of drug-likeness (QED) is 0.258. The van der Waals surface area contributed by atoms with E-state index in [-0.39, 0.29) is 6.61 Å². The van der Waals surface area contributed by atoms with Gasteiger partial charge in [0.15, 0.2) is 5.58 Å². The van der Waals surface area contributed by atoms with E-state index in [2.05, 4.69) is 25.6 Å². The van der Waals surface area contributed by atoms with Crippen LogP contribution in [0.4, 0.5) is 11.8 Å². The van der Waals surface area contributed by atoms with E-state index in [0.29, 0.717) is 47.3 Å². The second-order valence-corrected chi connectivity index (χ2v) is 9.90. The number of furan rings is 1. The van der Waals surface area contributed by atoms with Crippen molar-refractivity contribution in [2.75, 3.05) is 17.2 Å². The van der Waals surface area contributed by atoms with E-state index >= 15 is 0 Å². The van der Waals surface area contributed by atoms with Gasteiger partial charge in [-0.3, -0.25) is 4.98 Å². The number of aromatic nitrogens is 4. The maximum absolute atomic E-state index is 10.6. The Balaban J connectivity index is 1.55. The third-order valence-corrected chi connectivity index (χ3v) is 7.15. The van der Waals surface area contributed by atoms with Crippen LogP contribution in [-0.2, 0) is 6.54 Å². The van der Waals surface area contributed by atoms with Crippen molar-refractivity contribution in [3.05, 3.63) is 45.8 Å². The molecule has 184 valence electrons. The molecule has 4 unspecified atom stereocenters. The van der Waals surface area contributed by atoms with Crippen molar-refractivity contribution in [2.45, 2.75) is 52.0 Å². The second kappa shape index (κ2) is 9.50. The Morgan fingerprint density at radius 1 is 1.09 bits per heavy atom. The van der Waals surface area contributed by atoms with E-state index < -0.39 is 24.2 Å². The summed E-state index contributed by atoms with van der Waals surface area (Å²) in [5.74, 6) is 1.03. The molecule has 4 aromatic heterocycles. The molecule has 1 aliphatic carbocycles. The largest absolute Gasteiger partial charge is 0.454 e. The lowest BCUT2D eigenvalue weighted by Gasteiger charge is -2.21. The van der Waals surface area contributed by atoms with Crippen molar-refractivity contribution >= 4 is 34.1 Å². The van der Waals surface area contributed by atoms with Crippen molar-refractivity contribution in [1.82, 2.24) is 19.9 Å². The Kier molecular flexibility index (Phi) is 6.41. The summed E-state index contributed by atoms with van der Waals surface area (Å²) in [4.78, 5) is 18.1. The van der Waals surface area contributed by atoms with Gasteiger partial charge in [-0.25, -0.2) is 9.97 Å². The van der Waals surface area contributed by atoms with Crippen LogP contribution in [-0.4, -0.2) is 60.1 Å². The number of hydrogen-bond donors (Lipinski definition) is 5. The minimum atomic E-state index is -1.05. The van der Waals surface area contributed by atoms with E-state index in [0.717, 1.165) is 21.8 Å². The maximum Gasteiger partial charge on any atom is 0.225 e. The number of rotatable bonds is 7. The van der Waals surface area contributed by atoms with E-state index in [1.807, 2.05) is 38.3 Å². The van der Waals surface area contributed by atoms with Gasteiger partial charge in [0.25, 0.3) is 0 Å². The molecule has 11 heteroatoms. The van der Waals surface area contributed by atoms with Crippen molar-refractivity contribution < 1.29 is 19.7 Å². The van der Waals surface area contributed by atoms with Gasteiger partial charge in [-0.1, -0.05) is 0 Å². The highest BCUT2D eigenvalue weighted by Gasteiger charge is 2.41. The zero-order chi connectivity index (χ0) is 24.7. The average Bonchev–Trinajstić information content (AvgIpc) is 3.54. The highest BCUT2D eigenvalue weighted by atomic mass is 32.1. The standard InChI is InChI=1S/C24H28N6O4S/c1-11-6-14-8-17(34-22(14)13(3)27-11)19-12(2)28-24(26-9-18-25-4-5-35-18)30-23(19)29-16-7-15(10-31)20(32)21(16)33/h4-6,8,15-16,20-21,31-33H,7,9-10H2,1-3H3,(H2,26,28,29,30). The first kappa shape index (κ1) is 23.6. The summed E-state index contributed by atoms with van der Waals surface area (Å²) in [6.07, 6.45) is 0.0703. The molecule has 0 aromatic carbocycles. The Hall–Kier alpha value is -3.12. The topological polar surface area (TPSA) is 149 Å². The van der Waals surface area contributed by atoms with Crippen LogP contribution in [0.1, 0.15) is 28.5 Å². The molecule has 0 aliphatic heterocycles. The van der Waals surface area contributed by atoms with Gasteiger partial charge in [0.05, 0.1) is 35.6 Å². The lowest BCUT2D eigenvalue weighted by molar-refractivity contribution is 0.00446. The van der Waals surface area contributed by atoms with Crippen LogP contribution >= 0.6 is 11.3 Å². The van der Waals surface area contributed by atoms with Gasteiger partial charge in [0, 0.05) is 35.2 Å². The Morgan fingerprint density at radius 2 is 1.91 bits per heavy atom. The minimum absolute atomic E-state index is 0.206. The van der Waals surface area contributed by atoms with Crippen molar-refractivity contribution in [1.29, 1.82) is 0 Å². The zero-order valence-electron chi connectivity index (χ0n) is 19.7. The first-order chi connectivity index (χ1) is 16.8. The summed E-state index contributed by atoms with van der Waals surface area (Å²) in [6, 6.07) is 3.40. The van der Waals surface area contributed by atoms with Gasteiger partial charge < -0.3 is 30.4 Å². The van der Waals surface area contributed by atoms with Crippen LogP contribution in [0.15, 0.2) is 28.1 Å². The number of aliphatic hydroxyl groups is 3. The molecule has 0 bridgehead atoms. The van der Waals surface area contributed by atoms with Gasteiger partial charge in [-0.2, -0.15) is 4.98 Å². The smallest absolute Gasteiger partial charge is 0.225 e. The van der Waals surface area contributed by atoms with Gasteiger partial charge in [-0.05, 0) is 39.3 Å². The fraction of sp³-hybridized carbons (Fsp3) is 0.417. The molecule has 4 atom stereocenters. The molecule has 1 fully saturated rings. The molecular formula is C24H28N6O4S. The highest BCUT2D eigenvalue weighted by Crippen LogP contribution is 2.37. The fourth-order valence-electron chi connectivity index (χ4n) is 4.66. The molecule has 35 heavy (non-hydrogen) atoms. The van der Waals surface area contributed by atoms with Crippen LogP contribution in [0, 0.1) is 26.7 Å². The highest BCUT2D eigenvalue weighted by molar-refractivity contribution is 7.09. The summed E-state index contributed by atoms with van der Waals surface area (Å²) in [5.41, 5.74) is 3.72. The van der Waals surface area contributed by atoms with Crippen LogP contribution in [0.5, 0.6) is 0 Å². The van der Waals surface area contributed by atoms with Crippen molar-refractivity contribution in [3.63, 3.8) is 0 Å². The third-order valence-electron chi connectivity index (χ3n) is 6.37. The molecular weight excluding hydrogens is 468 g/mol. The SMILES string of the molecule is Cc1cc2cc(-c3c(C)nc(NCc4nccs4)nc3NC3CC(CO)C(O)C3O)oc2c(C)n1. The monoisotopic (exact) mass is 496 g/mol. The van der Waals surface area contributed by atoms with Crippen LogP contribution in [0.25, 0.3) is 22.3 Å². The van der Waals surface area contributed by atoms with Gasteiger partial charge >= 0.3 is 0 Å². The predicted molar refractivity (Wildman–Crippen MR) is 133 cm³/mol. The molecule has 5 rings (SSSR count). The number of pyridine rings is 1. The van der Waals surface area contributed by atoms with Crippen molar-refractivity contribution in [2.24, 2.45) is 5.92 Å². The average molecular weight is 497 g/mol. The molecule has 1 saturated carbocycles. The van der Waals surface area contributed by atoms with E-state index in [9.17, 15) is 15.3 Å². The first-order valence-electron chi connectivity index (χ1n) is 11.5. The molecule has 10 nitrogen and oxygen atoms in total. The third kappa shape index (κ3) is 4.59. The molecule has 5 N–H and O–H groups in total. The van der Waals surface area contributed by atoms with Crippen LogP contribution < -0.4 is 10.6 Å². The number of anilines is 2. The second-order valence-electron chi connectivity index (χ2n) is 8.92. The Labute approximate surface area is 206 Å². The molecule has 0 radical (unpaired) electrons. The number of nitrogens with zero attached hydrogens (tertiary/aromatic N) is 4. The molecule has 0 spiro atoms. The van der Waals surface area contributed by atoms with Crippen LogP contribution in [0.2, 0.25) is 0 Å². The van der Waals surface area contributed by atoms with Gasteiger partial charge in [0.1, 0.15) is 22.7 Å². The number of fused-ring (bicyclic) bond motifs is 1. The van der Waals surface area contributed by atoms with Gasteiger partial charge in [-0.15, -0.1) is 11.3 Å². The fourth-order valence-corrected chi connectivity index (χ4v) is 5.22. The van der Waals surface area contributed by atoms with Gasteiger partial charge in [0.2, 0.25) is 5.95 Å². The molecule has 4 heterocycles.